The van der Waals surface area contributed by atoms with Crippen LogP contribution in [-0.4, -0.2) is 16.1 Å². The zero-order valence-corrected chi connectivity index (χ0v) is 14.4. The fraction of sp³-hybridized carbons (Fsp3) is 0.238. The largest absolute Gasteiger partial charge is 0.303 e. The van der Waals surface area contributed by atoms with Gasteiger partial charge in [-0.3, -0.25) is 0 Å². The van der Waals surface area contributed by atoms with Gasteiger partial charge in [0.15, 0.2) is 0 Å². The summed E-state index contributed by atoms with van der Waals surface area (Å²) in [7, 11) is 0. The number of benzene rings is 2. The Labute approximate surface area is 147 Å². The zero-order valence-electron chi connectivity index (χ0n) is 14.4. The van der Waals surface area contributed by atoms with E-state index in [9.17, 15) is 9.18 Å². The summed E-state index contributed by atoms with van der Waals surface area (Å²) in [5, 5.41) is 4.84. The number of rotatable bonds is 6. The summed E-state index contributed by atoms with van der Waals surface area (Å²) < 4.78 is 15.3. The molecule has 0 amide bonds. The number of carbonyl (C=O) groups is 1. The summed E-state index contributed by atoms with van der Waals surface area (Å²) in [5.74, 6) is -0.0427. The van der Waals surface area contributed by atoms with E-state index in [1.54, 1.807) is 12.1 Å². The van der Waals surface area contributed by atoms with Crippen LogP contribution in [0.4, 0.5) is 4.39 Å². The molecular weight excluding hydrogens is 315 g/mol. The third kappa shape index (κ3) is 3.53. The number of carbonyl (C=O) groups excluding carboxylic acids is 1. The van der Waals surface area contributed by atoms with Crippen LogP contribution in [0.3, 0.4) is 0 Å². The molecule has 25 heavy (non-hydrogen) atoms. The van der Waals surface area contributed by atoms with Crippen LogP contribution in [0.1, 0.15) is 37.4 Å². The van der Waals surface area contributed by atoms with Crippen LogP contribution in [0.5, 0.6) is 0 Å². The number of para-hydroxylation sites is 1. The molecule has 1 heterocycles. The number of halogens is 1. The van der Waals surface area contributed by atoms with Crippen molar-refractivity contribution in [2.75, 3.05) is 0 Å². The Bertz CT molecular complexity index is 852. The van der Waals surface area contributed by atoms with Crippen LogP contribution in [0.2, 0.25) is 0 Å². The van der Waals surface area contributed by atoms with Crippen molar-refractivity contribution >= 4 is 6.29 Å². The third-order valence-corrected chi connectivity index (χ3v) is 4.19. The van der Waals surface area contributed by atoms with Gasteiger partial charge >= 0.3 is 0 Å². The van der Waals surface area contributed by atoms with Gasteiger partial charge in [0.1, 0.15) is 12.1 Å². The van der Waals surface area contributed by atoms with Crippen LogP contribution in [0.15, 0.2) is 54.6 Å². The summed E-state index contributed by atoms with van der Waals surface area (Å²) in [4.78, 5) is 11.0. The van der Waals surface area contributed by atoms with Crippen LogP contribution in [-0.2, 0) is 11.2 Å². The van der Waals surface area contributed by atoms with Gasteiger partial charge in [-0.2, -0.15) is 5.10 Å². The summed E-state index contributed by atoms with van der Waals surface area (Å²) in [6.45, 7) is 4.19. The fourth-order valence-corrected chi connectivity index (χ4v) is 3.04. The molecule has 0 atom stereocenters. The molecule has 1 aromatic heterocycles. The van der Waals surface area contributed by atoms with Crippen molar-refractivity contribution in [3.63, 3.8) is 0 Å². The molecule has 0 aliphatic carbocycles. The van der Waals surface area contributed by atoms with Crippen molar-refractivity contribution in [1.82, 2.24) is 9.78 Å². The maximum absolute atomic E-state index is 13.4. The number of aldehydes is 1. The monoisotopic (exact) mass is 336 g/mol. The molecule has 4 heteroatoms. The molecule has 0 unspecified atom stereocenters. The summed E-state index contributed by atoms with van der Waals surface area (Å²) in [6.07, 6.45) is 1.99. The Morgan fingerprint density at radius 3 is 2.36 bits per heavy atom. The predicted molar refractivity (Wildman–Crippen MR) is 97.4 cm³/mol. The average molecular weight is 336 g/mol. The highest BCUT2D eigenvalue weighted by Gasteiger charge is 2.21. The number of hydrogen-bond donors (Lipinski definition) is 0. The smallest absolute Gasteiger partial charge is 0.123 e. The van der Waals surface area contributed by atoms with E-state index >= 15 is 0 Å². The van der Waals surface area contributed by atoms with Crippen LogP contribution in [0.25, 0.3) is 16.9 Å². The second kappa shape index (κ2) is 7.43. The molecule has 0 fully saturated rings. The highest BCUT2D eigenvalue weighted by atomic mass is 19.1. The Morgan fingerprint density at radius 1 is 1.08 bits per heavy atom. The maximum atomic E-state index is 13.4. The molecule has 0 N–H and O–H groups in total. The number of hydrogen-bond acceptors (Lipinski definition) is 2. The van der Waals surface area contributed by atoms with Gasteiger partial charge in [0.2, 0.25) is 0 Å². The highest BCUT2D eigenvalue weighted by molar-refractivity contribution is 5.68. The Kier molecular flexibility index (Phi) is 5.08. The van der Waals surface area contributed by atoms with Crippen molar-refractivity contribution in [3.8, 4) is 16.9 Å². The molecule has 0 spiro atoms. The molecule has 2 aromatic carbocycles. The Hall–Kier alpha value is -2.75. The molecule has 0 saturated carbocycles. The minimum atomic E-state index is -0.270. The van der Waals surface area contributed by atoms with Gasteiger partial charge in [-0.1, -0.05) is 32.0 Å². The molecule has 0 bridgehead atoms. The van der Waals surface area contributed by atoms with Crippen molar-refractivity contribution in [2.45, 2.75) is 32.6 Å². The van der Waals surface area contributed by atoms with Crippen molar-refractivity contribution in [2.24, 2.45) is 0 Å². The highest BCUT2D eigenvalue weighted by Crippen LogP contribution is 2.33. The van der Waals surface area contributed by atoms with Gasteiger partial charge in [-0.05, 0) is 48.7 Å². The molecule has 0 saturated heterocycles. The number of nitrogens with zero attached hydrogens (tertiary/aromatic N) is 2. The predicted octanol–water partition coefficient (Wildman–Crippen LogP) is 4.93. The lowest BCUT2D eigenvalue weighted by atomic mass is 9.97. The molecule has 3 aromatic rings. The third-order valence-electron chi connectivity index (χ3n) is 4.19. The molecule has 0 aliphatic heterocycles. The van der Waals surface area contributed by atoms with E-state index in [0.717, 1.165) is 34.5 Å². The zero-order chi connectivity index (χ0) is 17.8. The topological polar surface area (TPSA) is 34.9 Å². The molecule has 128 valence electrons. The first-order valence-corrected chi connectivity index (χ1v) is 8.48. The first-order valence-electron chi connectivity index (χ1n) is 8.48. The average Bonchev–Trinajstić information content (AvgIpc) is 3.01. The maximum Gasteiger partial charge on any atom is 0.123 e. The van der Waals surface area contributed by atoms with Crippen molar-refractivity contribution in [1.29, 1.82) is 0 Å². The van der Waals surface area contributed by atoms with Gasteiger partial charge in [-0.15, -0.1) is 0 Å². The van der Waals surface area contributed by atoms with Crippen LogP contribution >= 0.6 is 0 Å². The molecule has 0 radical (unpaired) electrons. The first-order chi connectivity index (χ1) is 12.1. The second-order valence-electron chi connectivity index (χ2n) is 6.33. The van der Waals surface area contributed by atoms with E-state index in [0.29, 0.717) is 12.8 Å². The van der Waals surface area contributed by atoms with E-state index in [1.807, 2.05) is 35.0 Å². The fourth-order valence-electron chi connectivity index (χ4n) is 3.04. The lowest BCUT2D eigenvalue weighted by Gasteiger charge is -2.10. The van der Waals surface area contributed by atoms with E-state index in [2.05, 4.69) is 13.8 Å². The van der Waals surface area contributed by atoms with E-state index in [-0.39, 0.29) is 11.7 Å². The minimum absolute atomic E-state index is 0.228. The van der Waals surface area contributed by atoms with Crippen LogP contribution in [0, 0.1) is 5.82 Å². The van der Waals surface area contributed by atoms with Gasteiger partial charge in [0, 0.05) is 17.5 Å². The molecule has 3 nitrogen and oxygen atoms in total. The second-order valence-corrected chi connectivity index (χ2v) is 6.33. The van der Waals surface area contributed by atoms with E-state index < -0.39 is 0 Å². The van der Waals surface area contributed by atoms with Crippen LogP contribution < -0.4 is 0 Å². The first kappa shape index (κ1) is 17.1. The van der Waals surface area contributed by atoms with Crippen molar-refractivity contribution in [3.05, 3.63) is 71.7 Å². The summed E-state index contributed by atoms with van der Waals surface area (Å²) >= 11 is 0. The number of aromatic nitrogens is 2. The lowest BCUT2D eigenvalue weighted by Crippen LogP contribution is -2.00. The van der Waals surface area contributed by atoms with Gasteiger partial charge in [-0.25, -0.2) is 9.07 Å². The quantitative estimate of drug-likeness (QED) is 0.598. The standard InChI is InChI=1S/C21H21FN2O/c1-15(2)20-19(9-6-14-25)21(16-10-12-17(22)13-11-16)24(23-20)18-7-4-3-5-8-18/h3-5,7-8,10-15H,6,9H2,1-2H3. The van der Waals surface area contributed by atoms with Gasteiger partial charge in [0.25, 0.3) is 0 Å². The van der Waals surface area contributed by atoms with E-state index in [4.69, 9.17) is 5.10 Å². The van der Waals surface area contributed by atoms with Gasteiger partial charge < -0.3 is 4.79 Å². The SMILES string of the molecule is CC(C)c1nn(-c2ccccc2)c(-c2ccc(F)cc2)c1CCC=O. The summed E-state index contributed by atoms with van der Waals surface area (Å²) in [6, 6.07) is 16.3. The lowest BCUT2D eigenvalue weighted by molar-refractivity contribution is -0.107. The Morgan fingerprint density at radius 2 is 1.76 bits per heavy atom. The Balaban J connectivity index is 2.26. The normalized spacial score (nSPS) is 11.0. The minimum Gasteiger partial charge on any atom is -0.303 e. The molecule has 3 rings (SSSR count). The summed E-state index contributed by atoms with van der Waals surface area (Å²) in [5.41, 5.74) is 4.80. The molecule has 0 aliphatic rings. The van der Waals surface area contributed by atoms with Gasteiger partial charge in [0.05, 0.1) is 17.1 Å². The molecular formula is C21H21FN2O. The van der Waals surface area contributed by atoms with Crippen molar-refractivity contribution < 1.29 is 9.18 Å². The van der Waals surface area contributed by atoms with E-state index in [1.165, 1.54) is 12.1 Å².